The van der Waals surface area contributed by atoms with Crippen LogP contribution in [0.1, 0.15) is 50.5 Å². The van der Waals surface area contributed by atoms with Gasteiger partial charge in [0.2, 0.25) is 5.91 Å². The zero-order valence-electron chi connectivity index (χ0n) is 15.3. The molecule has 0 unspecified atom stereocenters. The van der Waals surface area contributed by atoms with Crippen molar-refractivity contribution in [2.24, 2.45) is 0 Å². The van der Waals surface area contributed by atoms with Gasteiger partial charge in [0.25, 0.3) is 0 Å². The highest BCUT2D eigenvalue weighted by Crippen LogP contribution is 2.20. The van der Waals surface area contributed by atoms with E-state index in [0.29, 0.717) is 6.54 Å². The molecule has 3 amide bonds. The van der Waals surface area contributed by atoms with Crippen LogP contribution in [0.2, 0.25) is 0 Å². The van der Waals surface area contributed by atoms with Gasteiger partial charge in [0.05, 0.1) is 6.10 Å². The molecule has 0 atom stereocenters. The molecule has 1 saturated heterocycles. The Morgan fingerprint density at radius 2 is 1.85 bits per heavy atom. The summed E-state index contributed by atoms with van der Waals surface area (Å²) in [5.74, 6) is -0.0953. The van der Waals surface area contributed by atoms with Crippen molar-refractivity contribution in [2.75, 3.05) is 25.0 Å². The van der Waals surface area contributed by atoms with Crippen LogP contribution in [0, 0.1) is 0 Å². The molecule has 1 heterocycles. The lowest BCUT2D eigenvalue weighted by molar-refractivity contribution is -0.128. The summed E-state index contributed by atoms with van der Waals surface area (Å²) in [7, 11) is 0. The second kappa shape index (κ2) is 9.57. The van der Waals surface area contributed by atoms with E-state index in [4.69, 9.17) is 4.74 Å². The molecule has 6 heteroatoms. The number of amides is 3. The SMILES string of the molecule is O=C(COC1CCCCC1)NCc1cccc(NC(=O)N2CCCC2)c1. The number of anilines is 1. The number of nitrogens with one attached hydrogen (secondary N) is 2. The minimum absolute atomic E-state index is 0.0513. The van der Waals surface area contributed by atoms with Gasteiger partial charge in [-0.05, 0) is 43.4 Å². The summed E-state index contributed by atoms with van der Waals surface area (Å²) >= 11 is 0. The number of likely N-dealkylation sites (tertiary alicyclic amines) is 1. The highest BCUT2D eigenvalue weighted by molar-refractivity contribution is 5.89. The van der Waals surface area contributed by atoms with Gasteiger partial charge in [-0.25, -0.2) is 4.79 Å². The fourth-order valence-corrected chi connectivity index (χ4v) is 3.56. The number of rotatable bonds is 6. The van der Waals surface area contributed by atoms with E-state index in [-0.39, 0.29) is 24.6 Å². The molecule has 0 spiro atoms. The van der Waals surface area contributed by atoms with Crippen molar-refractivity contribution in [3.05, 3.63) is 29.8 Å². The van der Waals surface area contributed by atoms with E-state index in [2.05, 4.69) is 10.6 Å². The predicted octanol–water partition coefficient (Wildman–Crippen LogP) is 3.28. The van der Waals surface area contributed by atoms with Crippen LogP contribution >= 0.6 is 0 Å². The Bertz CT molecular complexity index is 608. The monoisotopic (exact) mass is 359 g/mol. The first-order valence-electron chi connectivity index (χ1n) is 9.74. The van der Waals surface area contributed by atoms with Gasteiger partial charge in [-0.1, -0.05) is 31.4 Å². The van der Waals surface area contributed by atoms with E-state index in [1.165, 1.54) is 19.3 Å². The van der Waals surface area contributed by atoms with E-state index in [9.17, 15) is 9.59 Å². The number of hydrogen-bond donors (Lipinski definition) is 2. The highest BCUT2D eigenvalue weighted by atomic mass is 16.5. The summed E-state index contributed by atoms with van der Waals surface area (Å²) in [5.41, 5.74) is 1.71. The van der Waals surface area contributed by atoms with Crippen LogP contribution in [0.3, 0.4) is 0 Å². The summed E-state index contributed by atoms with van der Waals surface area (Å²) in [5, 5.41) is 5.82. The Labute approximate surface area is 155 Å². The first-order chi connectivity index (χ1) is 12.7. The van der Waals surface area contributed by atoms with Crippen molar-refractivity contribution in [1.29, 1.82) is 0 Å². The van der Waals surface area contributed by atoms with Crippen LogP contribution in [0.5, 0.6) is 0 Å². The number of benzene rings is 1. The molecule has 0 radical (unpaired) electrons. The molecule has 2 N–H and O–H groups in total. The van der Waals surface area contributed by atoms with Crippen molar-refractivity contribution in [1.82, 2.24) is 10.2 Å². The molecule has 3 rings (SSSR count). The third-order valence-corrected chi connectivity index (χ3v) is 5.06. The van der Waals surface area contributed by atoms with E-state index in [0.717, 1.165) is 50.0 Å². The van der Waals surface area contributed by atoms with Gasteiger partial charge in [-0.3, -0.25) is 4.79 Å². The number of ether oxygens (including phenoxy) is 1. The average Bonchev–Trinajstić information content (AvgIpc) is 3.21. The number of hydrogen-bond acceptors (Lipinski definition) is 3. The van der Waals surface area contributed by atoms with Gasteiger partial charge in [-0.15, -0.1) is 0 Å². The Balaban J connectivity index is 1.41. The summed E-state index contributed by atoms with van der Waals surface area (Å²) in [4.78, 5) is 26.0. The Morgan fingerprint density at radius 1 is 1.08 bits per heavy atom. The first-order valence-corrected chi connectivity index (χ1v) is 9.74. The van der Waals surface area contributed by atoms with Gasteiger partial charge in [0.15, 0.2) is 0 Å². The maximum atomic E-state index is 12.2. The molecule has 2 fully saturated rings. The van der Waals surface area contributed by atoms with Gasteiger partial charge in [0, 0.05) is 25.3 Å². The number of carbonyl (C=O) groups excluding carboxylic acids is 2. The van der Waals surface area contributed by atoms with E-state index in [1.54, 1.807) is 0 Å². The Hall–Kier alpha value is -2.08. The zero-order valence-corrected chi connectivity index (χ0v) is 15.3. The highest BCUT2D eigenvalue weighted by Gasteiger charge is 2.18. The molecule has 1 saturated carbocycles. The normalized spacial score (nSPS) is 17.9. The van der Waals surface area contributed by atoms with Gasteiger partial charge >= 0.3 is 6.03 Å². The molecular weight excluding hydrogens is 330 g/mol. The van der Waals surface area contributed by atoms with Crippen molar-refractivity contribution in [2.45, 2.75) is 57.6 Å². The zero-order chi connectivity index (χ0) is 18.2. The molecule has 1 aromatic rings. The third kappa shape index (κ3) is 5.73. The lowest BCUT2D eigenvalue weighted by atomic mass is 9.98. The first kappa shape index (κ1) is 18.7. The van der Waals surface area contributed by atoms with Crippen LogP contribution in [0.25, 0.3) is 0 Å². The van der Waals surface area contributed by atoms with Gasteiger partial charge < -0.3 is 20.3 Å². The predicted molar refractivity (Wildman–Crippen MR) is 101 cm³/mol. The summed E-state index contributed by atoms with van der Waals surface area (Å²) < 4.78 is 5.69. The van der Waals surface area contributed by atoms with Crippen molar-refractivity contribution < 1.29 is 14.3 Å². The molecule has 6 nitrogen and oxygen atoms in total. The maximum absolute atomic E-state index is 12.2. The lowest BCUT2D eigenvalue weighted by Crippen LogP contribution is -2.32. The summed E-state index contributed by atoms with van der Waals surface area (Å²) in [6, 6.07) is 7.54. The fourth-order valence-electron chi connectivity index (χ4n) is 3.56. The second-order valence-electron chi connectivity index (χ2n) is 7.17. The Kier molecular flexibility index (Phi) is 6.89. The molecule has 0 bridgehead atoms. The van der Waals surface area contributed by atoms with Crippen LogP contribution in [0.15, 0.2) is 24.3 Å². The Morgan fingerprint density at radius 3 is 2.62 bits per heavy atom. The minimum atomic E-state index is -0.0953. The number of nitrogens with zero attached hydrogens (tertiary/aromatic N) is 1. The van der Waals surface area contributed by atoms with E-state index < -0.39 is 0 Å². The fraction of sp³-hybridized carbons (Fsp3) is 0.600. The van der Waals surface area contributed by atoms with Gasteiger partial charge in [-0.2, -0.15) is 0 Å². The minimum Gasteiger partial charge on any atom is -0.368 e. The summed E-state index contributed by atoms with van der Waals surface area (Å²) in [6.45, 7) is 2.20. The topological polar surface area (TPSA) is 70.7 Å². The average molecular weight is 359 g/mol. The van der Waals surface area contributed by atoms with E-state index in [1.807, 2.05) is 29.2 Å². The largest absolute Gasteiger partial charge is 0.368 e. The number of urea groups is 1. The van der Waals surface area contributed by atoms with Gasteiger partial charge in [0.1, 0.15) is 6.61 Å². The molecule has 2 aliphatic rings. The standard InChI is InChI=1S/C20H29N3O3/c24-19(15-26-18-9-2-1-3-10-18)21-14-16-7-6-8-17(13-16)22-20(25)23-11-4-5-12-23/h6-8,13,18H,1-5,9-12,14-15H2,(H,21,24)(H,22,25). The quantitative estimate of drug-likeness (QED) is 0.819. The molecule has 1 aliphatic heterocycles. The second-order valence-corrected chi connectivity index (χ2v) is 7.17. The third-order valence-electron chi connectivity index (χ3n) is 5.06. The van der Waals surface area contributed by atoms with Crippen molar-refractivity contribution >= 4 is 17.6 Å². The van der Waals surface area contributed by atoms with Crippen LogP contribution in [-0.4, -0.2) is 42.6 Å². The van der Waals surface area contributed by atoms with Crippen LogP contribution in [-0.2, 0) is 16.1 Å². The van der Waals surface area contributed by atoms with Crippen molar-refractivity contribution in [3.8, 4) is 0 Å². The molecule has 0 aromatic heterocycles. The molecule has 1 aliphatic carbocycles. The van der Waals surface area contributed by atoms with Crippen LogP contribution < -0.4 is 10.6 Å². The molecular formula is C20H29N3O3. The molecule has 26 heavy (non-hydrogen) atoms. The van der Waals surface area contributed by atoms with Crippen LogP contribution in [0.4, 0.5) is 10.5 Å². The lowest BCUT2D eigenvalue weighted by Gasteiger charge is -2.21. The molecule has 142 valence electrons. The molecule has 1 aromatic carbocycles. The van der Waals surface area contributed by atoms with E-state index >= 15 is 0 Å². The number of carbonyl (C=O) groups is 2. The maximum Gasteiger partial charge on any atom is 0.321 e. The summed E-state index contributed by atoms with van der Waals surface area (Å²) in [6.07, 6.45) is 8.17. The smallest absolute Gasteiger partial charge is 0.321 e. The van der Waals surface area contributed by atoms with Crippen molar-refractivity contribution in [3.63, 3.8) is 0 Å².